The summed E-state index contributed by atoms with van der Waals surface area (Å²) in [6.45, 7) is 9.95. The molecule has 0 aliphatic heterocycles. The quantitative estimate of drug-likeness (QED) is 0.835. The van der Waals surface area contributed by atoms with E-state index >= 15 is 0 Å². The van der Waals surface area contributed by atoms with Gasteiger partial charge in [0.2, 0.25) is 5.88 Å². The number of aryl methyl sites for hydroxylation is 1. The summed E-state index contributed by atoms with van der Waals surface area (Å²) >= 11 is 0. The minimum atomic E-state index is -0.524. The van der Waals surface area contributed by atoms with Crippen LogP contribution in [0, 0.1) is 12.8 Å². The number of ether oxygens (including phenoxy) is 1. The standard InChI is InChI=1S/C15H24N4O3/c1-9(2)7-16-15(21)18-12(20)8-22-13-6-11(5)17-14(19-13)10(3)4/h6,9-10H,7-8H2,1-5H3,(H2,16,18,20,21). The van der Waals surface area contributed by atoms with E-state index in [1.54, 1.807) is 6.07 Å². The summed E-state index contributed by atoms with van der Waals surface area (Å²) in [6, 6.07) is 1.13. The third-order valence-electron chi connectivity index (χ3n) is 2.64. The fourth-order valence-corrected chi connectivity index (χ4v) is 1.54. The third kappa shape index (κ3) is 6.51. The molecule has 22 heavy (non-hydrogen) atoms. The number of nitrogens with zero attached hydrogens (tertiary/aromatic N) is 2. The van der Waals surface area contributed by atoms with Gasteiger partial charge in [0.15, 0.2) is 6.61 Å². The lowest BCUT2D eigenvalue weighted by Gasteiger charge is -2.10. The van der Waals surface area contributed by atoms with E-state index in [4.69, 9.17) is 4.74 Å². The average Bonchev–Trinajstić information content (AvgIpc) is 2.42. The zero-order valence-corrected chi connectivity index (χ0v) is 13.8. The highest BCUT2D eigenvalue weighted by Crippen LogP contribution is 2.14. The first-order valence-corrected chi connectivity index (χ1v) is 7.34. The van der Waals surface area contributed by atoms with Crippen molar-refractivity contribution in [1.29, 1.82) is 0 Å². The molecular weight excluding hydrogens is 284 g/mol. The summed E-state index contributed by atoms with van der Waals surface area (Å²) in [5.41, 5.74) is 0.767. The van der Waals surface area contributed by atoms with Crippen LogP contribution < -0.4 is 15.4 Å². The van der Waals surface area contributed by atoms with Crippen LogP contribution in [0.5, 0.6) is 5.88 Å². The summed E-state index contributed by atoms with van der Waals surface area (Å²) < 4.78 is 5.32. The number of nitrogens with one attached hydrogen (secondary N) is 2. The van der Waals surface area contributed by atoms with Crippen molar-refractivity contribution in [1.82, 2.24) is 20.6 Å². The molecule has 7 nitrogen and oxygen atoms in total. The zero-order valence-electron chi connectivity index (χ0n) is 13.8. The number of aromatic nitrogens is 2. The molecule has 122 valence electrons. The Morgan fingerprint density at radius 3 is 2.50 bits per heavy atom. The van der Waals surface area contributed by atoms with Crippen molar-refractivity contribution in [2.45, 2.75) is 40.5 Å². The van der Waals surface area contributed by atoms with Crippen LogP contribution in [0.15, 0.2) is 6.07 Å². The SMILES string of the molecule is Cc1cc(OCC(=O)NC(=O)NCC(C)C)nc(C(C)C)n1. The van der Waals surface area contributed by atoms with Crippen LogP contribution in [-0.2, 0) is 4.79 Å². The first kappa shape index (κ1) is 17.9. The molecule has 0 aliphatic carbocycles. The van der Waals surface area contributed by atoms with Crippen LogP contribution in [0.2, 0.25) is 0 Å². The molecule has 0 saturated carbocycles. The maximum atomic E-state index is 11.6. The Bertz CT molecular complexity index is 530. The fourth-order valence-electron chi connectivity index (χ4n) is 1.54. The van der Waals surface area contributed by atoms with Crippen LogP contribution in [-0.4, -0.2) is 35.1 Å². The van der Waals surface area contributed by atoms with Crippen molar-refractivity contribution in [2.24, 2.45) is 5.92 Å². The minimum Gasteiger partial charge on any atom is -0.467 e. The highest BCUT2D eigenvalue weighted by Gasteiger charge is 2.11. The summed E-state index contributed by atoms with van der Waals surface area (Å²) in [4.78, 5) is 31.6. The number of carbonyl (C=O) groups is 2. The first-order valence-electron chi connectivity index (χ1n) is 7.34. The van der Waals surface area contributed by atoms with E-state index < -0.39 is 11.9 Å². The zero-order chi connectivity index (χ0) is 16.7. The molecule has 0 saturated heterocycles. The van der Waals surface area contributed by atoms with Gasteiger partial charge in [0.25, 0.3) is 5.91 Å². The van der Waals surface area contributed by atoms with Gasteiger partial charge in [-0.25, -0.2) is 9.78 Å². The van der Waals surface area contributed by atoms with Crippen molar-refractivity contribution in [2.75, 3.05) is 13.2 Å². The van der Waals surface area contributed by atoms with E-state index in [1.165, 1.54) is 0 Å². The number of hydrogen-bond donors (Lipinski definition) is 2. The van der Waals surface area contributed by atoms with Crippen molar-refractivity contribution in [3.8, 4) is 5.88 Å². The summed E-state index contributed by atoms with van der Waals surface area (Å²) in [5, 5.41) is 4.79. The molecule has 0 atom stereocenters. The summed E-state index contributed by atoms with van der Waals surface area (Å²) in [7, 11) is 0. The second kappa shape index (κ2) is 8.31. The number of carbonyl (C=O) groups excluding carboxylic acids is 2. The maximum Gasteiger partial charge on any atom is 0.321 e. The predicted octanol–water partition coefficient (Wildman–Crippen LogP) is 1.77. The first-order chi connectivity index (χ1) is 10.3. The Kier molecular flexibility index (Phi) is 6.75. The molecule has 1 aromatic heterocycles. The van der Waals surface area contributed by atoms with Gasteiger partial charge in [-0.05, 0) is 12.8 Å². The molecule has 1 heterocycles. The highest BCUT2D eigenvalue weighted by molar-refractivity contribution is 5.94. The molecule has 0 spiro atoms. The lowest BCUT2D eigenvalue weighted by Crippen LogP contribution is -2.42. The van der Waals surface area contributed by atoms with Crippen molar-refractivity contribution >= 4 is 11.9 Å². The van der Waals surface area contributed by atoms with Crippen molar-refractivity contribution < 1.29 is 14.3 Å². The molecule has 0 fully saturated rings. The predicted molar refractivity (Wildman–Crippen MR) is 82.7 cm³/mol. The Morgan fingerprint density at radius 2 is 1.91 bits per heavy atom. The number of rotatable bonds is 6. The minimum absolute atomic E-state index is 0.165. The van der Waals surface area contributed by atoms with E-state index in [0.29, 0.717) is 24.2 Å². The van der Waals surface area contributed by atoms with Crippen LogP contribution in [0.4, 0.5) is 4.79 Å². The fraction of sp³-hybridized carbons (Fsp3) is 0.600. The van der Waals surface area contributed by atoms with Gasteiger partial charge in [0.1, 0.15) is 5.82 Å². The number of imide groups is 1. The van der Waals surface area contributed by atoms with Gasteiger partial charge in [0, 0.05) is 24.2 Å². The molecule has 7 heteroatoms. The molecule has 0 bridgehead atoms. The summed E-state index contributed by atoms with van der Waals surface area (Å²) in [6.07, 6.45) is 0. The van der Waals surface area contributed by atoms with E-state index in [1.807, 2.05) is 34.6 Å². The van der Waals surface area contributed by atoms with Gasteiger partial charge >= 0.3 is 6.03 Å². The maximum absolute atomic E-state index is 11.6. The lowest BCUT2D eigenvalue weighted by molar-refractivity contribution is -0.122. The molecule has 3 amide bonds. The smallest absolute Gasteiger partial charge is 0.321 e. The molecule has 0 aromatic carbocycles. The number of urea groups is 1. The Labute approximate surface area is 130 Å². The van der Waals surface area contributed by atoms with Crippen LogP contribution in [0.25, 0.3) is 0 Å². The lowest BCUT2D eigenvalue weighted by atomic mass is 10.2. The molecule has 1 aromatic rings. The molecule has 1 rings (SSSR count). The molecule has 0 radical (unpaired) electrons. The Morgan fingerprint density at radius 1 is 1.23 bits per heavy atom. The van der Waals surface area contributed by atoms with Gasteiger partial charge in [-0.3, -0.25) is 10.1 Å². The van der Waals surface area contributed by atoms with Crippen LogP contribution in [0.1, 0.15) is 45.1 Å². The van der Waals surface area contributed by atoms with E-state index in [9.17, 15) is 9.59 Å². The van der Waals surface area contributed by atoms with Crippen molar-refractivity contribution in [3.05, 3.63) is 17.6 Å². The van der Waals surface area contributed by atoms with Gasteiger partial charge in [-0.15, -0.1) is 0 Å². The van der Waals surface area contributed by atoms with Gasteiger partial charge < -0.3 is 10.1 Å². The van der Waals surface area contributed by atoms with Gasteiger partial charge in [-0.1, -0.05) is 27.7 Å². The summed E-state index contributed by atoms with van der Waals surface area (Å²) in [5.74, 6) is 0.941. The second-order valence-corrected chi connectivity index (χ2v) is 5.80. The molecule has 0 aliphatic rings. The third-order valence-corrected chi connectivity index (χ3v) is 2.64. The Balaban J connectivity index is 2.49. The monoisotopic (exact) mass is 308 g/mol. The van der Waals surface area contributed by atoms with Gasteiger partial charge in [0.05, 0.1) is 0 Å². The largest absolute Gasteiger partial charge is 0.467 e. The van der Waals surface area contributed by atoms with Crippen LogP contribution >= 0.6 is 0 Å². The van der Waals surface area contributed by atoms with Gasteiger partial charge in [-0.2, -0.15) is 4.98 Å². The topological polar surface area (TPSA) is 93.2 Å². The number of amides is 3. The van der Waals surface area contributed by atoms with E-state index in [-0.39, 0.29) is 12.5 Å². The van der Waals surface area contributed by atoms with Crippen molar-refractivity contribution in [3.63, 3.8) is 0 Å². The number of hydrogen-bond acceptors (Lipinski definition) is 5. The Hall–Kier alpha value is -2.18. The molecule has 2 N–H and O–H groups in total. The normalized spacial score (nSPS) is 10.7. The molecule has 0 unspecified atom stereocenters. The van der Waals surface area contributed by atoms with E-state index in [2.05, 4.69) is 20.6 Å². The van der Waals surface area contributed by atoms with E-state index in [0.717, 1.165) is 5.69 Å². The highest BCUT2D eigenvalue weighted by atomic mass is 16.5. The second-order valence-electron chi connectivity index (χ2n) is 5.80. The van der Waals surface area contributed by atoms with Crippen LogP contribution in [0.3, 0.4) is 0 Å². The molecular formula is C15H24N4O3. The average molecular weight is 308 g/mol.